The molecule has 3 heteroatoms. The number of fused-ring (bicyclic) bond motifs is 1. The molecule has 68 valence electrons. The Morgan fingerprint density at radius 1 is 1.31 bits per heavy atom. The molecule has 0 N–H and O–H groups in total. The molecule has 0 aliphatic carbocycles. The smallest absolute Gasteiger partial charge is 0.133 e. The first kappa shape index (κ1) is 9.10. The van der Waals surface area contributed by atoms with E-state index in [2.05, 4.69) is 24.9 Å². The largest absolute Gasteiger partial charge is 0.255 e. The maximum Gasteiger partial charge on any atom is 0.133 e. The van der Waals surface area contributed by atoms with E-state index in [1.165, 1.54) is 4.90 Å². The van der Waals surface area contributed by atoms with Crippen LogP contribution in [0.5, 0.6) is 0 Å². The molecule has 0 unspecified atom stereocenters. The third-order valence-electron chi connectivity index (χ3n) is 1.84. The van der Waals surface area contributed by atoms with Gasteiger partial charge < -0.3 is 0 Å². The Balaban J connectivity index is 2.55. The quantitative estimate of drug-likeness (QED) is 0.640. The average molecular weight is 212 g/mol. The molecule has 1 heterocycles. The van der Waals surface area contributed by atoms with Gasteiger partial charge in [-0.25, -0.2) is 0 Å². The Morgan fingerprint density at radius 3 is 2.77 bits per heavy atom. The first-order valence-electron chi connectivity index (χ1n) is 4.12. The van der Waals surface area contributed by atoms with Crippen molar-refractivity contribution in [2.45, 2.75) is 23.6 Å². The first-order chi connectivity index (χ1) is 6.08. The normalized spacial score (nSPS) is 19.2. The number of nitrogens with zero attached hydrogens (tertiary/aromatic N) is 1. The van der Waals surface area contributed by atoms with Crippen molar-refractivity contribution in [3.63, 3.8) is 0 Å². The molecule has 0 spiro atoms. The van der Waals surface area contributed by atoms with Crippen LogP contribution in [0.4, 0.5) is 0 Å². The number of thioether (sulfide) groups is 1. The topological polar surface area (TPSA) is 12.4 Å². The van der Waals surface area contributed by atoms with E-state index in [-0.39, 0.29) is 4.87 Å². The predicted octanol–water partition coefficient (Wildman–Crippen LogP) is 3.51. The van der Waals surface area contributed by atoms with E-state index in [1.54, 1.807) is 11.8 Å². The highest BCUT2D eigenvalue weighted by atomic mass is 35.5. The van der Waals surface area contributed by atoms with Gasteiger partial charge in [0.2, 0.25) is 0 Å². The molecule has 2 rings (SSSR count). The molecule has 0 saturated carbocycles. The molecule has 1 aromatic rings. The highest BCUT2D eigenvalue weighted by Crippen LogP contribution is 2.40. The van der Waals surface area contributed by atoms with Crippen LogP contribution in [0.1, 0.15) is 19.4 Å². The van der Waals surface area contributed by atoms with Crippen molar-refractivity contribution in [2.75, 3.05) is 0 Å². The van der Waals surface area contributed by atoms with Gasteiger partial charge >= 0.3 is 0 Å². The second-order valence-electron chi connectivity index (χ2n) is 3.45. The van der Waals surface area contributed by atoms with Crippen LogP contribution in [0.3, 0.4) is 0 Å². The van der Waals surface area contributed by atoms with Gasteiger partial charge in [0.05, 0.1) is 0 Å². The van der Waals surface area contributed by atoms with Gasteiger partial charge in [-0.2, -0.15) is 0 Å². The highest BCUT2D eigenvalue weighted by Gasteiger charge is 2.26. The lowest BCUT2D eigenvalue weighted by atomic mass is 10.2. The van der Waals surface area contributed by atoms with Crippen LogP contribution >= 0.6 is 23.4 Å². The summed E-state index contributed by atoms with van der Waals surface area (Å²) in [5, 5.41) is 0.624. The maximum atomic E-state index is 6.07. The van der Waals surface area contributed by atoms with Crippen LogP contribution in [-0.4, -0.2) is 10.0 Å². The third-order valence-corrected chi connectivity index (χ3v) is 3.29. The summed E-state index contributed by atoms with van der Waals surface area (Å²) in [5.41, 5.74) is 1.05. The van der Waals surface area contributed by atoms with Crippen LogP contribution in [-0.2, 0) is 0 Å². The van der Waals surface area contributed by atoms with Crippen molar-refractivity contribution in [3.05, 3.63) is 29.8 Å². The van der Waals surface area contributed by atoms with Crippen molar-refractivity contribution in [1.82, 2.24) is 0 Å². The van der Waals surface area contributed by atoms with Crippen molar-refractivity contribution in [1.29, 1.82) is 0 Å². The Kier molecular flexibility index (Phi) is 2.12. The molecule has 1 aromatic carbocycles. The average Bonchev–Trinajstić information content (AvgIpc) is 2.02. The van der Waals surface area contributed by atoms with Gasteiger partial charge in [-0.15, -0.1) is 0 Å². The number of rotatable bonds is 0. The third kappa shape index (κ3) is 1.74. The van der Waals surface area contributed by atoms with Crippen molar-refractivity contribution < 1.29 is 0 Å². The molecule has 0 atom stereocenters. The monoisotopic (exact) mass is 211 g/mol. The lowest BCUT2D eigenvalue weighted by Gasteiger charge is -2.25. The molecular formula is C10H10ClNS. The molecule has 1 aliphatic rings. The summed E-state index contributed by atoms with van der Waals surface area (Å²) in [4.78, 5) is 5.48. The Morgan fingerprint density at radius 2 is 2.00 bits per heavy atom. The molecule has 1 nitrogen and oxygen atoms in total. The summed E-state index contributed by atoms with van der Waals surface area (Å²) in [6, 6.07) is 8.09. The summed E-state index contributed by atoms with van der Waals surface area (Å²) < 4.78 is 0. The summed E-state index contributed by atoms with van der Waals surface area (Å²) >= 11 is 7.81. The van der Waals surface area contributed by atoms with Crippen molar-refractivity contribution >= 4 is 28.5 Å². The summed E-state index contributed by atoms with van der Waals surface area (Å²) in [5.74, 6) is 0. The zero-order chi connectivity index (χ0) is 9.47. The summed E-state index contributed by atoms with van der Waals surface area (Å²) in [6.07, 6.45) is 0. The lowest BCUT2D eigenvalue weighted by Crippen LogP contribution is -2.18. The molecule has 13 heavy (non-hydrogen) atoms. The molecule has 0 amide bonds. The molecule has 0 aromatic heterocycles. The fourth-order valence-corrected chi connectivity index (χ4v) is 2.89. The predicted molar refractivity (Wildman–Crippen MR) is 58.8 cm³/mol. The van der Waals surface area contributed by atoms with Crippen molar-refractivity contribution in [3.8, 4) is 0 Å². The van der Waals surface area contributed by atoms with E-state index in [0.29, 0.717) is 5.17 Å². The summed E-state index contributed by atoms with van der Waals surface area (Å²) in [6.45, 7) is 4.13. The van der Waals surface area contributed by atoms with Gasteiger partial charge in [-0.3, -0.25) is 4.99 Å². The maximum absolute atomic E-state index is 6.07. The zero-order valence-electron chi connectivity index (χ0n) is 7.54. The molecule has 1 aliphatic heterocycles. The molecule has 0 radical (unpaired) electrons. The molecule has 0 saturated heterocycles. The van der Waals surface area contributed by atoms with Gasteiger partial charge in [-0.1, -0.05) is 41.6 Å². The standard InChI is InChI=1S/C10H10ClNS/c1-10(2)12-9(11)7-5-3-4-6-8(7)13-10/h3-6H,1-2H3. The van der Waals surface area contributed by atoms with Crippen molar-refractivity contribution in [2.24, 2.45) is 4.99 Å². The number of hydrogen-bond acceptors (Lipinski definition) is 2. The summed E-state index contributed by atoms with van der Waals surface area (Å²) in [7, 11) is 0. The lowest BCUT2D eigenvalue weighted by molar-refractivity contribution is 0.758. The van der Waals surface area contributed by atoms with E-state index in [1.807, 2.05) is 18.2 Å². The van der Waals surface area contributed by atoms with Crippen LogP contribution in [0.25, 0.3) is 0 Å². The first-order valence-corrected chi connectivity index (χ1v) is 5.32. The number of halogens is 1. The van der Waals surface area contributed by atoms with Gasteiger partial charge in [0, 0.05) is 10.5 Å². The minimum absolute atomic E-state index is 0.133. The Labute approximate surface area is 87.2 Å². The Hall–Kier alpha value is -0.470. The van der Waals surface area contributed by atoms with Crippen LogP contribution in [0, 0.1) is 0 Å². The molecular weight excluding hydrogens is 202 g/mol. The fraction of sp³-hybridized carbons (Fsp3) is 0.300. The van der Waals surface area contributed by atoms with E-state index < -0.39 is 0 Å². The van der Waals surface area contributed by atoms with E-state index in [4.69, 9.17) is 11.6 Å². The SMILES string of the molecule is CC1(C)N=C(Cl)c2ccccc2S1. The highest BCUT2D eigenvalue weighted by molar-refractivity contribution is 8.00. The van der Waals surface area contributed by atoms with Crippen LogP contribution in [0.15, 0.2) is 34.2 Å². The minimum atomic E-state index is -0.133. The van der Waals surface area contributed by atoms with Crippen LogP contribution in [0.2, 0.25) is 0 Å². The van der Waals surface area contributed by atoms with E-state index in [9.17, 15) is 0 Å². The van der Waals surface area contributed by atoms with Gasteiger partial charge in [0.15, 0.2) is 0 Å². The van der Waals surface area contributed by atoms with Crippen LogP contribution < -0.4 is 0 Å². The van der Waals surface area contributed by atoms with E-state index in [0.717, 1.165) is 5.56 Å². The Bertz CT molecular complexity index is 371. The number of hydrogen-bond donors (Lipinski definition) is 0. The fourth-order valence-electron chi connectivity index (χ4n) is 1.31. The molecule has 0 fully saturated rings. The van der Waals surface area contributed by atoms with Gasteiger partial charge in [-0.05, 0) is 19.9 Å². The minimum Gasteiger partial charge on any atom is -0.255 e. The zero-order valence-corrected chi connectivity index (χ0v) is 9.12. The van der Waals surface area contributed by atoms with E-state index >= 15 is 0 Å². The number of benzene rings is 1. The van der Waals surface area contributed by atoms with Gasteiger partial charge in [0.1, 0.15) is 10.0 Å². The molecule has 0 bridgehead atoms. The van der Waals surface area contributed by atoms with Gasteiger partial charge in [0.25, 0.3) is 0 Å². The second-order valence-corrected chi connectivity index (χ2v) is 5.45. The number of aliphatic imine (C=N–C) groups is 1. The second kappa shape index (κ2) is 3.03.